The molecule has 0 fully saturated rings. The lowest BCUT2D eigenvalue weighted by Gasteiger charge is -1.94. The van der Waals surface area contributed by atoms with Gasteiger partial charge in [-0.15, -0.1) is 0 Å². The third-order valence-corrected chi connectivity index (χ3v) is 2.27. The SMILES string of the molecule is CCCn1nc2ccc(CC(=O)O)cc2n1. The Bertz CT molecular complexity index is 519. The summed E-state index contributed by atoms with van der Waals surface area (Å²) in [5.74, 6) is -0.833. The van der Waals surface area contributed by atoms with Crippen molar-refractivity contribution in [3.63, 3.8) is 0 Å². The largest absolute Gasteiger partial charge is 0.481 e. The van der Waals surface area contributed by atoms with Gasteiger partial charge in [0.1, 0.15) is 11.0 Å². The van der Waals surface area contributed by atoms with E-state index in [1.165, 1.54) is 0 Å². The summed E-state index contributed by atoms with van der Waals surface area (Å²) in [5.41, 5.74) is 2.32. The summed E-state index contributed by atoms with van der Waals surface area (Å²) in [5, 5.41) is 17.3. The number of rotatable bonds is 4. The molecule has 0 aliphatic carbocycles. The lowest BCUT2D eigenvalue weighted by Crippen LogP contribution is -2.00. The summed E-state index contributed by atoms with van der Waals surface area (Å²) in [4.78, 5) is 12.2. The highest BCUT2D eigenvalue weighted by atomic mass is 16.4. The average Bonchev–Trinajstić information content (AvgIpc) is 2.59. The van der Waals surface area contributed by atoms with E-state index in [4.69, 9.17) is 5.11 Å². The summed E-state index contributed by atoms with van der Waals surface area (Å²) in [6.07, 6.45) is 1.000. The van der Waals surface area contributed by atoms with E-state index in [9.17, 15) is 4.79 Å². The van der Waals surface area contributed by atoms with Gasteiger partial charge in [-0.1, -0.05) is 13.0 Å². The molecule has 1 heterocycles. The zero-order valence-electron chi connectivity index (χ0n) is 9.05. The van der Waals surface area contributed by atoms with Crippen LogP contribution in [0.3, 0.4) is 0 Å². The minimum atomic E-state index is -0.833. The zero-order valence-corrected chi connectivity index (χ0v) is 9.05. The van der Waals surface area contributed by atoms with Crippen molar-refractivity contribution < 1.29 is 9.90 Å². The van der Waals surface area contributed by atoms with E-state index in [0.29, 0.717) is 0 Å². The van der Waals surface area contributed by atoms with Gasteiger partial charge in [-0.2, -0.15) is 15.0 Å². The number of benzene rings is 1. The molecule has 0 amide bonds. The number of aryl methyl sites for hydroxylation is 1. The quantitative estimate of drug-likeness (QED) is 0.845. The summed E-state index contributed by atoms with van der Waals surface area (Å²) in [6, 6.07) is 5.37. The van der Waals surface area contributed by atoms with E-state index in [1.54, 1.807) is 16.9 Å². The molecule has 16 heavy (non-hydrogen) atoms. The van der Waals surface area contributed by atoms with Gasteiger partial charge < -0.3 is 5.11 Å². The van der Waals surface area contributed by atoms with Crippen molar-refractivity contribution in [3.05, 3.63) is 23.8 Å². The normalized spacial score (nSPS) is 10.8. The summed E-state index contributed by atoms with van der Waals surface area (Å²) in [6.45, 7) is 2.84. The molecule has 1 N–H and O–H groups in total. The first-order valence-electron chi connectivity index (χ1n) is 5.24. The molecule has 84 valence electrons. The second kappa shape index (κ2) is 4.30. The van der Waals surface area contributed by atoms with Crippen LogP contribution in [0.5, 0.6) is 0 Å². The third-order valence-electron chi connectivity index (χ3n) is 2.27. The predicted octanol–water partition coefficient (Wildman–Crippen LogP) is 1.47. The van der Waals surface area contributed by atoms with Gasteiger partial charge in [0.15, 0.2) is 0 Å². The molecule has 5 nitrogen and oxygen atoms in total. The molecular formula is C11H13N3O2. The molecule has 5 heteroatoms. The van der Waals surface area contributed by atoms with Gasteiger partial charge in [0, 0.05) is 0 Å². The van der Waals surface area contributed by atoms with Gasteiger partial charge in [-0.05, 0) is 24.1 Å². The van der Waals surface area contributed by atoms with Crippen LogP contribution in [-0.4, -0.2) is 26.1 Å². The number of hydrogen-bond donors (Lipinski definition) is 1. The van der Waals surface area contributed by atoms with E-state index in [-0.39, 0.29) is 6.42 Å². The molecule has 2 aromatic rings. The fraction of sp³-hybridized carbons (Fsp3) is 0.364. The summed E-state index contributed by atoms with van der Waals surface area (Å²) >= 11 is 0. The summed E-state index contributed by atoms with van der Waals surface area (Å²) < 4.78 is 0. The molecule has 1 aromatic heterocycles. The number of carboxylic acid groups (broad SMARTS) is 1. The van der Waals surface area contributed by atoms with E-state index in [2.05, 4.69) is 17.1 Å². The lowest BCUT2D eigenvalue weighted by atomic mass is 10.1. The van der Waals surface area contributed by atoms with Crippen LogP contribution in [0.2, 0.25) is 0 Å². The van der Waals surface area contributed by atoms with Crippen molar-refractivity contribution in [3.8, 4) is 0 Å². The first-order chi connectivity index (χ1) is 7.69. The van der Waals surface area contributed by atoms with Crippen LogP contribution in [0.4, 0.5) is 0 Å². The van der Waals surface area contributed by atoms with E-state index >= 15 is 0 Å². The van der Waals surface area contributed by atoms with Crippen molar-refractivity contribution in [2.24, 2.45) is 0 Å². The Labute approximate surface area is 92.7 Å². The highest BCUT2D eigenvalue weighted by molar-refractivity contribution is 5.77. The van der Waals surface area contributed by atoms with Crippen LogP contribution < -0.4 is 0 Å². The highest BCUT2D eigenvalue weighted by Gasteiger charge is 2.05. The number of fused-ring (bicyclic) bond motifs is 1. The van der Waals surface area contributed by atoms with Crippen molar-refractivity contribution in [2.45, 2.75) is 26.3 Å². The Morgan fingerprint density at radius 2 is 2.12 bits per heavy atom. The number of nitrogens with zero attached hydrogens (tertiary/aromatic N) is 3. The molecule has 2 rings (SSSR count). The van der Waals surface area contributed by atoms with Crippen molar-refractivity contribution in [1.82, 2.24) is 15.0 Å². The Morgan fingerprint density at radius 3 is 2.81 bits per heavy atom. The van der Waals surface area contributed by atoms with Crippen LogP contribution in [0.15, 0.2) is 18.2 Å². The summed E-state index contributed by atoms with van der Waals surface area (Å²) in [7, 11) is 0. The first kappa shape index (κ1) is 10.6. The monoisotopic (exact) mass is 219 g/mol. The Kier molecular flexibility index (Phi) is 2.85. The third kappa shape index (κ3) is 2.18. The number of carbonyl (C=O) groups is 1. The Balaban J connectivity index is 2.33. The smallest absolute Gasteiger partial charge is 0.307 e. The molecule has 0 radical (unpaired) electrons. The molecular weight excluding hydrogens is 206 g/mol. The standard InChI is InChI=1S/C11H13N3O2/c1-2-5-14-12-9-4-3-8(7-11(15)16)6-10(9)13-14/h3-4,6H,2,5,7H2,1H3,(H,15,16). The maximum Gasteiger partial charge on any atom is 0.307 e. The molecule has 0 bridgehead atoms. The fourth-order valence-corrected chi connectivity index (χ4v) is 1.59. The fourth-order valence-electron chi connectivity index (χ4n) is 1.59. The van der Waals surface area contributed by atoms with Crippen molar-refractivity contribution >= 4 is 17.0 Å². The minimum Gasteiger partial charge on any atom is -0.481 e. The maximum atomic E-state index is 10.6. The minimum absolute atomic E-state index is 0.0244. The zero-order chi connectivity index (χ0) is 11.5. The van der Waals surface area contributed by atoms with Crippen molar-refractivity contribution in [2.75, 3.05) is 0 Å². The molecule has 0 aliphatic rings. The van der Waals surface area contributed by atoms with Gasteiger partial charge in [-0.3, -0.25) is 4.79 Å². The Hall–Kier alpha value is -1.91. The van der Waals surface area contributed by atoms with Crippen molar-refractivity contribution in [1.29, 1.82) is 0 Å². The Morgan fingerprint density at radius 1 is 1.38 bits per heavy atom. The second-order valence-electron chi connectivity index (χ2n) is 3.69. The highest BCUT2D eigenvalue weighted by Crippen LogP contribution is 2.12. The van der Waals surface area contributed by atoms with Gasteiger partial charge in [-0.25, -0.2) is 0 Å². The second-order valence-corrected chi connectivity index (χ2v) is 3.69. The molecule has 0 unspecified atom stereocenters. The molecule has 0 aliphatic heterocycles. The molecule has 0 atom stereocenters. The van der Waals surface area contributed by atoms with Crippen LogP contribution >= 0.6 is 0 Å². The molecule has 0 saturated heterocycles. The van der Waals surface area contributed by atoms with Gasteiger partial charge >= 0.3 is 5.97 Å². The van der Waals surface area contributed by atoms with Gasteiger partial charge in [0.05, 0.1) is 13.0 Å². The molecule has 0 saturated carbocycles. The van der Waals surface area contributed by atoms with Crippen LogP contribution in [0.25, 0.3) is 11.0 Å². The number of aliphatic carboxylic acids is 1. The first-order valence-corrected chi connectivity index (χ1v) is 5.24. The van der Waals surface area contributed by atoms with E-state index in [1.807, 2.05) is 6.07 Å². The van der Waals surface area contributed by atoms with Crippen LogP contribution in [0.1, 0.15) is 18.9 Å². The van der Waals surface area contributed by atoms with Crippen LogP contribution in [-0.2, 0) is 17.8 Å². The number of aromatic nitrogens is 3. The number of carboxylic acids is 1. The number of hydrogen-bond acceptors (Lipinski definition) is 3. The van der Waals surface area contributed by atoms with E-state index in [0.717, 1.165) is 29.6 Å². The molecule has 1 aromatic carbocycles. The van der Waals surface area contributed by atoms with Gasteiger partial charge in [0.2, 0.25) is 0 Å². The average molecular weight is 219 g/mol. The predicted molar refractivity (Wildman–Crippen MR) is 59.2 cm³/mol. The van der Waals surface area contributed by atoms with E-state index < -0.39 is 5.97 Å². The molecule has 0 spiro atoms. The lowest BCUT2D eigenvalue weighted by molar-refractivity contribution is -0.136. The maximum absolute atomic E-state index is 10.6. The van der Waals surface area contributed by atoms with Crippen LogP contribution in [0, 0.1) is 0 Å². The topological polar surface area (TPSA) is 68.0 Å². The van der Waals surface area contributed by atoms with Gasteiger partial charge in [0.25, 0.3) is 0 Å².